The average Bonchev–Trinajstić information content (AvgIpc) is 2.57. The van der Waals surface area contributed by atoms with Crippen molar-refractivity contribution in [2.45, 2.75) is 12.8 Å². The molecule has 0 saturated heterocycles. The highest BCUT2D eigenvalue weighted by molar-refractivity contribution is 5.98. The Bertz CT molecular complexity index is 556. The number of amides is 1. The Labute approximate surface area is 111 Å². The van der Waals surface area contributed by atoms with Crippen molar-refractivity contribution in [1.82, 2.24) is 0 Å². The van der Waals surface area contributed by atoms with E-state index in [-0.39, 0.29) is 36.6 Å². The molecule has 0 aliphatic carbocycles. The molecule has 8 heteroatoms. The Morgan fingerprint density at radius 3 is 2.60 bits per heavy atom. The smallest absolute Gasteiger partial charge is 0.471 e. The number of hydrogen-bond donors (Lipinski definition) is 1. The van der Waals surface area contributed by atoms with E-state index in [9.17, 15) is 22.8 Å². The number of carbonyl (C=O) groups is 2. The number of benzene rings is 1. The molecule has 0 bridgehead atoms. The Morgan fingerprint density at radius 2 is 2.00 bits per heavy atom. The number of hydrogen-bond acceptors (Lipinski definition) is 3. The Morgan fingerprint density at radius 1 is 1.30 bits per heavy atom. The van der Waals surface area contributed by atoms with E-state index in [1.807, 2.05) is 0 Å². The quantitative estimate of drug-likeness (QED) is 0.856. The highest BCUT2D eigenvalue weighted by Gasteiger charge is 2.43. The minimum absolute atomic E-state index is 0.0230. The van der Waals surface area contributed by atoms with Crippen molar-refractivity contribution in [2.24, 2.45) is 0 Å². The number of aromatic carboxylic acids is 1. The van der Waals surface area contributed by atoms with Crippen LogP contribution in [-0.2, 0) is 16.1 Å². The van der Waals surface area contributed by atoms with Crippen LogP contribution in [0.3, 0.4) is 0 Å². The summed E-state index contributed by atoms with van der Waals surface area (Å²) in [6, 6.07) is 3.56. The third kappa shape index (κ3) is 2.74. The molecule has 20 heavy (non-hydrogen) atoms. The van der Waals surface area contributed by atoms with Crippen LogP contribution in [0.5, 0.6) is 0 Å². The molecule has 1 aliphatic heterocycles. The van der Waals surface area contributed by atoms with Crippen molar-refractivity contribution < 1.29 is 32.6 Å². The summed E-state index contributed by atoms with van der Waals surface area (Å²) in [5.41, 5.74) is 0.184. The van der Waals surface area contributed by atoms with Crippen molar-refractivity contribution in [2.75, 3.05) is 18.1 Å². The molecule has 1 amide bonds. The third-order valence-corrected chi connectivity index (χ3v) is 2.82. The summed E-state index contributed by atoms with van der Waals surface area (Å²) in [6.45, 7) is -0.339. The van der Waals surface area contributed by atoms with Gasteiger partial charge in [-0.1, -0.05) is 0 Å². The number of carboxylic acids is 1. The molecule has 0 spiro atoms. The first-order valence-corrected chi connectivity index (χ1v) is 5.63. The molecule has 0 atom stereocenters. The molecular weight excluding hydrogens is 279 g/mol. The van der Waals surface area contributed by atoms with E-state index in [1.54, 1.807) is 0 Å². The molecule has 2 rings (SSSR count). The van der Waals surface area contributed by atoms with Crippen LogP contribution in [0.15, 0.2) is 18.2 Å². The summed E-state index contributed by atoms with van der Waals surface area (Å²) in [5.74, 6) is -3.20. The van der Waals surface area contributed by atoms with E-state index >= 15 is 0 Å². The van der Waals surface area contributed by atoms with Crippen LogP contribution >= 0.6 is 0 Å². The summed E-state index contributed by atoms with van der Waals surface area (Å²) < 4.78 is 42.7. The second kappa shape index (κ2) is 5.12. The third-order valence-electron chi connectivity index (χ3n) is 2.82. The Hall–Kier alpha value is -2.09. The van der Waals surface area contributed by atoms with Gasteiger partial charge in [0.25, 0.3) is 0 Å². The van der Waals surface area contributed by atoms with Crippen LogP contribution in [0, 0.1) is 0 Å². The molecule has 108 valence electrons. The lowest BCUT2D eigenvalue weighted by atomic mass is 10.1. The normalized spacial score (nSPS) is 15.4. The zero-order valence-corrected chi connectivity index (χ0v) is 10.1. The lowest BCUT2D eigenvalue weighted by molar-refractivity contribution is -0.170. The number of nitrogens with zero attached hydrogens (tertiary/aromatic N) is 1. The topological polar surface area (TPSA) is 66.8 Å². The maximum Gasteiger partial charge on any atom is 0.471 e. The first-order valence-electron chi connectivity index (χ1n) is 5.63. The van der Waals surface area contributed by atoms with E-state index < -0.39 is 18.1 Å². The van der Waals surface area contributed by atoms with Gasteiger partial charge in [-0.3, -0.25) is 4.79 Å². The zero-order valence-electron chi connectivity index (χ0n) is 10.1. The van der Waals surface area contributed by atoms with E-state index in [1.165, 1.54) is 12.1 Å². The van der Waals surface area contributed by atoms with Crippen LogP contribution in [0.25, 0.3) is 0 Å². The predicted molar refractivity (Wildman–Crippen MR) is 61.5 cm³/mol. The monoisotopic (exact) mass is 289 g/mol. The van der Waals surface area contributed by atoms with Crippen molar-refractivity contribution in [3.8, 4) is 0 Å². The summed E-state index contributed by atoms with van der Waals surface area (Å²) >= 11 is 0. The average molecular weight is 289 g/mol. The molecule has 0 saturated carbocycles. The second-order valence-corrected chi connectivity index (χ2v) is 4.16. The molecule has 5 nitrogen and oxygen atoms in total. The van der Waals surface area contributed by atoms with Crippen LogP contribution in [0.4, 0.5) is 18.9 Å². The van der Waals surface area contributed by atoms with Crippen molar-refractivity contribution >= 4 is 17.6 Å². The van der Waals surface area contributed by atoms with Gasteiger partial charge in [-0.2, -0.15) is 13.2 Å². The van der Waals surface area contributed by atoms with Crippen molar-refractivity contribution in [1.29, 1.82) is 0 Å². The SMILES string of the molecule is O=C(O)c1ccc2c(c1)COCCN2C(=O)C(F)(F)F. The molecule has 1 N–H and O–H groups in total. The van der Waals surface area contributed by atoms with Gasteiger partial charge in [0, 0.05) is 17.8 Å². The molecule has 0 fully saturated rings. The number of rotatable bonds is 1. The Kier molecular flexibility index (Phi) is 3.67. The Balaban J connectivity index is 2.45. The zero-order chi connectivity index (χ0) is 14.9. The number of alkyl halides is 3. The standard InChI is InChI=1S/C12H10F3NO4/c13-12(14,15)11(19)16-3-4-20-6-8-5-7(10(17)18)1-2-9(8)16/h1-2,5H,3-4,6H2,(H,17,18). The van der Waals surface area contributed by atoms with E-state index in [2.05, 4.69) is 0 Å². The van der Waals surface area contributed by atoms with Gasteiger partial charge in [0.1, 0.15) is 0 Å². The van der Waals surface area contributed by atoms with Crippen LogP contribution < -0.4 is 4.90 Å². The fraction of sp³-hybridized carbons (Fsp3) is 0.333. The number of fused-ring (bicyclic) bond motifs is 1. The number of ether oxygens (including phenoxy) is 1. The molecule has 1 aliphatic rings. The number of carbonyl (C=O) groups excluding carboxylic acids is 1. The fourth-order valence-corrected chi connectivity index (χ4v) is 1.92. The number of anilines is 1. The summed E-state index contributed by atoms with van der Waals surface area (Å²) in [4.78, 5) is 22.8. The molecule has 0 unspecified atom stereocenters. The molecule has 0 aromatic heterocycles. The van der Waals surface area contributed by atoms with Gasteiger partial charge in [0.2, 0.25) is 0 Å². The lowest BCUT2D eigenvalue weighted by Gasteiger charge is -2.23. The first kappa shape index (κ1) is 14.3. The van der Waals surface area contributed by atoms with E-state index in [4.69, 9.17) is 9.84 Å². The largest absolute Gasteiger partial charge is 0.478 e. The van der Waals surface area contributed by atoms with Crippen LogP contribution in [-0.4, -0.2) is 36.3 Å². The van der Waals surface area contributed by atoms with E-state index in [0.717, 1.165) is 6.07 Å². The molecule has 1 aromatic rings. The highest BCUT2D eigenvalue weighted by atomic mass is 19.4. The lowest BCUT2D eigenvalue weighted by Crippen LogP contribution is -2.42. The van der Waals surface area contributed by atoms with E-state index in [0.29, 0.717) is 4.90 Å². The van der Waals surface area contributed by atoms with Crippen molar-refractivity contribution in [3.63, 3.8) is 0 Å². The second-order valence-electron chi connectivity index (χ2n) is 4.16. The molecule has 0 radical (unpaired) electrons. The van der Waals surface area contributed by atoms with Gasteiger partial charge in [-0.05, 0) is 18.2 Å². The van der Waals surface area contributed by atoms with Crippen LogP contribution in [0.1, 0.15) is 15.9 Å². The number of halogens is 3. The van der Waals surface area contributed by atoms with Crippen LogP contribution in [0.2, 0.25) is 0 Å². The first-order chi connectivity index (χ1) is 9.30. The summed E-state index contributed by atoms with van der Waals surface area (Å²) in [6.07, 6.45) is -4.99. The van der Waals surface area contributed by atoms with Crippen molar-refractivity contribution in [3.05, 3.63) is 29.3 Å². The molecule has 1 aromatic carbocycles. The maximum absolute atomic E-state index is 12.5. The van der Waals surface area contributed by atoms with Gasteiger partial charge >= 0.3 is 18.1 Å². The van der Waals surface area contributed by atoms with Gasteiger partial charge < -0.3 is 14.7 Å². The number of carboxylic acid groups (broad SMARTS) is 1. The fourth-order valence-electron chi connectivity index (χ4n) is 1.92. The summed E-state index contributed by atoms with van der Waals surface area (Å²) in [5, 5.41) is 8.86. The maximum atomic E-state index is 12.5. The van der Waals surface area contributed by atoms with Gasteiger partial charge in [0.05, 0.1) is 18.8 Å². The van der Waals surface area contributed by atoms with Gasteiger partial charge in [-0.15, -0.1) is 0 Å². The van der Waals surface area contributed by atoms with Gasteiger partial charge in [0.15, 0.2) is 0 Å². The van der Waals surface area contributed by atoms with Gasteiger partial charge in [-0.25, -0.2) is 4.79 Å². The molecular formula is C12H10F3NO4. The predicted octanol–water partition coefficient (Wildman–Crippen LogP) is 1.81. The highest BCUT2D eigenvalue weighted by Crippen LogP contribution is 2.29. The molecule has 1 heterocycles. The minimum Gasteiger partial charge on any atom is -0.478 e. The summed E-state index contributed by atoms with van der Waals surface area (Å²) in [7, 11) is 0. The minimum atomic E-state index is -4.99.